The molecule has 6 nitrogen and oxygen atoms in total. The summed E-state index contributed by atoms with van der Waals surface area (Å²) in [6, 6.07) is 10.1. The number of likely N-dealkylation sites (tertiary alicyclic amines) is 1. The van der Waals surface area contributed by atoms with E-state index in [9.17, 15) is 4.79 Å². The van der Waals surface area contributed by atoms with Crippen LogP contribution in [0, 0.1) is 5.41 Å². The van der Waals surface area contributed by atoms with Gasteiger partial charge in [0.15, 0.2) is 0 Å². The molecule has 1 atom stereocenters. The maximum atomic E-state index is 12.5. The number of hydrogen-bond acceptors (Lipinski definition) is 3. The summed E-state index contributed by atoms with van der Waals surface area (Å²) in [4.78, 5) is 14.5. The average Bonchev–Trinajstić information content (AvgIpc) is 3.38. The maximum Gasteiger partial charge on any atom is 0.317 e. The number of carbonyl (C=O) groups excluding carboxylic acids is 1. The summed E-state index contributed by atoms with van der Waals surface area (Å²) >= 11 is 0. The highest BCUT2D eigenvalue weighted by molar-refractivity contribution is 5.74. The fourth-order valence-electron chi connectivity index (χ4n) is 3.82. The Balaban J connectivity index is 1.36. The molecule has 6 heteroatoms. The Bertz CT molecular complexity index is 723. The number of benzene rings is 1. The summed E-state index contributed by atoms with van der Waals surface area (Å²) < 4.78 is 7.43. The molecule has 0 saturated carbocycles. The molecule has 0 radical (unpaired) electrons. The zero-order valence-electron chi connectivity index (χ0n) is 14.4. The number of ether oxygens (including phenoxy) is 1. The van der Waals surface area contributed by atoms with Crippen molar-refractivity contribution >= 4 is 6.03 Å². The van der Waals surface area contributed by atoms with Gasteiger partial charge in [0.25, 0.3) is 0 Å². The molecule has 2 fully saturated rings. The third-order valence-corrected chi connectivity index (χ3v) is 5.35. The van der Waals surface area contributed by atoms with Crippen molar-refractivity contribution in [1.29, 1.82) is 0 Å². The van der Waals surface area contributed by atoms with Crippen LogP contribution in [0.3, 0.4) is 0 Å². The molecular weight excluding hydrogens is 316 g/mol. The first-order valence-electron chi connectivity index (χ1n) is 8.89. The quantitative estimate of drug-likeness (QED) is 0.929. The van der Waals surface area contributed by atoms with Gasteiger partial charge in [-0.25, -0.2) is 4.79 Å². The Hall–Kier alpha value is -2.34. The van der Waals surface area contributed by atoms with Crippen LogP contribution in [0.1, 0.15) is 24.0 Å². The molecule has 2 aromatic rings. The number of nitrogens with one attached hydrogen (secondary N) is 1. The van der Waals surface area contributed by atoms with E-state index in [2.05, 4.69) is 22.5 Å². The van der Waals surface area contributed by atoms with Crippen molar-refractivity contribution in [2.24, 2.45) is 5.41 Å². The Labute approximate surface area is 147 Å². The van der Waals surface area contributed by atoms with Gasteiger partial charge in [-0.15, -0.1) is 0 Å². The van der Waals surface area contributed by atoms with Gasteiger partial charge in [0.1, 0.15) is 0 Å². The number of urea groups is 1. The van der Waals surface area contributed by atoms with Crippen molar-refractivity contribution in [1.82, 2.24) is 20.0 Å². The number of hydrogen-bond donors (Lipinski definition) is 1. The maximum absolute atomic E-state index is 12.5. The standard InChI is InChI=1S/C19H24N4O2/c24-18(22-10-6-19(14-22)7-11-25-15-19)20-12-16-4-1-2-5-17(16)13-23-9-3-8-21-23/h1-5,8-9H,6-7,10-15H2,(H,20,24)/t19-/m0/s1. The second-order valence-electron chi connectivity index (χ2n) is 7.11. The Morgan fingerprint density at radius 2 is 2.12 bits per heavy atom. The van der Waals surface area contributed by atoms with Crippen molar-refractivity contribution in [3.8, 4) is 0 Å². The van der Waals surface area contributed by atoms with Crippen molar-refractivity contribution < 1.29 is 9.53 Å². The van der Waals surface area contributed by atoms with Crippen LogP contribution in [0.5, 0.6) is 0 Å². The van der Waals surface area contributed by atoms with Crippen molar-refractivity contribution in [2.45, 2.75) is 25.9 Å². The Morgan fingerprint density at radius 3 is 2.88 bits per heavy atom. The molecule has 3 heterocycles. The third kappa shape index (κ3) is 3.54. The van der Waals surface area contributed by atoms with E-state index in [1.807, 2.05) is 34.0 Å². The fourth-order valence-corrected chi connectivity index (χ4v) is 3.82. The Morgan fingerprint density at radius 1 is 1.24 bits per heavy atom. The SMILES string of the molecule is O=C(NCc1ccccc1Cn1cccn1)N1CC[C@]2(CCOC2)C1. The Kier molecular flexibility index (Phi) is 4.44. The highest BCUT2D eigenvalue weighted by Crippen LogP contribution is 2.38. The molecule has 0 unspecified atom stereocenters. The molecule has 0 aliphatic carbocycles. The minimum absolute atomic E-state index is 0.0256. The lowest BCUT2D eigenvalue weighted by Gasteiger charge is -2.22. The summed E-state index contributed by atoms with van der Waals surface area (Å²) in [5.74, 6) is 0. The van der Waals surface area contributed by atoms with E-state index in [4.69, 9.17) is 4.74 Å². The normalized spacial score (nSPS) is 22.6. The van der Waals surface area contributed by atoms with Crippen molar-refractivity contribution in [3.05, 3.63) is 53.9 Å². The lowest BCUT2D eigenvalue weighted by atomic mass is 9.87. The van der Waals surface area contributed by atoms with E-state index >= 15 is 0 Å². The average molecular weight is 340 g/mol. The molecule has 1 N–H and O–H groups in total. The van der Waals surface area contributed by atoms with E-state index < -0.39 is 0 Å². The monoisotopic (exact) mass is 340 g/mol. The second-order valence-corrected chi connectivity index (χ2v) is 7.11. The third-order valence-electron chi connectivity index (χ3n) is 5.35. The summed E-state index contributed by atoms with van der Waals surface area (Å²) in [6.07, 6.45) is 5.85. The predicted molar refractivity (Wildman–Crippen MR) is 94.1 cm³/mol. The lowest BCUT2D eigenvalue weighted by Crippen LogP contribution is -2.39. The minimum Gasteiger partial charge on any atom is -0.381 e. The molecule has 1 spiro atoms. The van der Waals surface area contributed by atoms with Gasteiger partial charge in [-0.3, -0.25) is 4.68 Å². The summed E-state index contributed by atoms with van der Waals surface area (Å²) in [6.45, 7) is 4.51. The van der Waals surface area contributed by atoms with Crippen LogP contribution in [0.15, 0.2) is 42.7 Å². The van der Waals surface area contributed by atoms with E-state index in [-0.39, 0.29) is 11.4 Å². The van der Waals surface area contributed by atoms with Crippen LogP contribution in [-0.4, -0.2) is 47.0 Å². The van der Waals surface area contributed by atoms with Crippen LogP contribution in [0.2, 0.25) is 0 Å². The van der Waals surface area contributed by atoms with E-state index in [0.29, 0.717) is 13.1 Å². The lowest BCUT2D eigenvalue weighted by molar-refractivity contribution is 0.152. The number of nitrogens with zero attached hydrogens (tertiary/aromatic N) is 3. The first kappa shape index (κ1) is 16.1. The van der Waals surface area contributed by atoms with E-state index in [1.165, 1.54) is 5.56 Å². The second kappa shape index (κ2) is 6.88. The van der Waals surface area contributed by atoms with Crippen LogP contribution >= 0.6 is 0 Å². The van der Waals surface area contributed by atoms with Crippen LogP contribution in [-0.2, 0) is 17.8 Å². The minimum atomic E-state index is 0.0256. The summed E-state index contributed by atoms with van der Waals surface area (Å²) in [5.41, 5.74) is 2.51. The summed E-state index contributed by atoms with van der Waals surface area (Å²) in [7, 11) is 0. The number of amides is 2. The molecular formula is C19H24N4O2. The molecule has 2 aliphatic rings. The molecule has 2 amide bonds. The molecule has 1 aromatic heterocycles. The van der Waals surface area contributed by atoms with Gasteiger partial charge in [0.05, 0.1) is 13.2 Å². The first-order valence-corrected chi connectivity index (χ1v) is 8.89. The zero-order chi connectivity index (χ0) is 17.1. The van der Waals surface area contributed by atoms with Gasteiger partial charge in [0.2, 0.25) is 0 Å². The van der Waals surface area contributed by atoms with Crippen molar-refractivity contribution in [2.75, 3.05) is 26.3 Å². The van der Waals surface area contributed by atoms with Gasteiger partial charge < -0.3 is 15.0 Å². The molecule has 2 saturated heterocycles. The summed E-state index contributed by atoms with van der Waals surface area (Å²) in [5, 5.41) is 7.34. The van der Waals surface area contributed by atoms with Crippen LogP contribution in [0.4, 0.5) is 4.79 Å². The van der Waals surface area contributed by atoms with E-state index in [1.54, 1.807) is 6.20 Å². The molecule has 0 bridgehead atoms. The molecule has 4 rings (SSSR count). The van der Waals surface area contributed by atoms with Crippen LogP contribution < -0.4 is 5.32 Å². The topological polar surface area (TPSA) is 59.4 Å². The van der Waals surface area contributed by atoms with Gasteiger partial charge in [-0.1, -0.05) is 24.3 Å². The predicted octanol–water partition coefficient (Wildman–Crippen LogP) is 2.25. The largest absolute Gasteiger partial charge is 0.381 e. The van der Waals surface area contributed by atoms with Crippen LogP contribution in [0.25, 0.3) is 0 Å². The molecule has 1 aromatic carbocycles. The van der Waals surface area contributed by atoms with Crippen molar-refractivity contribution in [3.63, 3.8) is 0 Å². The highest BCUT2D eigenvalue weighted by Gasteiger charge is 2.42. The van der Waals surface area contributed by atoms with Gasteiger partial charge in [-0.2, -0.15) is 5.10 Å². The zero-order valence-corrected chi connectivity index (χ0v) is 14.4. The molecule has 2 aliphatic heterocycles. The smallest absolute Gasteiger partial charge is 0.317 e. The molecule has 132 valence electrons. The van der Waals surface area contributed by atoms with E-state index in [0.717, 1.165) is 44.7 Å². The van der Waals surface area contributed by atoms with Gasteiger partial charge in [-0.05, 0) is 30.0 Å². The molecule has 25 heavy (non-hydrogen) atoms. The van der Waals surface area contributed by atoms with Gasteiger partial charge in [0, 0.05) is 44.0 Å². The fraction of sp³-hybridized carbons (Fsp3) is 0.474. The number of carbonyl (C=O) groups is 1. The van der Waals surface area contributed by atoms with Gasteiger partial charge >= 0.3 is 6.03 Å². The number of aromatic nitrogens is 2. The number of rotatable bonds is 4. The highest BCUT2D eigenvalue weighted by atomic mass is 16.5. The first-order chi connectivity index (χ1) is 12.2.